The topological polar surface area (TPSA) is 46.5 Å². The molecular weight excluding hydrogens is 372 g/mol. The Hall–Kier alpha value is -3.33. The zero-order valence-corrected chi connectivity index (χ0v) is 17.2. The maximum absolute atomic E-state index is 11.9. The van der Waals surface area contributed by atoms with Crippen LogP contribution in [-0.4, -0.2) is 17.5 Å². The van der Waals surface area contributed by atoms with Crippen LogP contribution in [0.15, 0.2) is 84.9 Å². The van der Waals surface area contributed by atoms with Crippen molar-refractivity contribution in [2.45, 2.75) is 32.1 Å². The SMILES string of the molecule is O=C(C=Cc1ccccc1)CCCCCCOc1ccc(-c2ccc(O)cc2)cc1. The van der Waals surface area contributed by atoms with E-state index in [0.29, 0.717) is 13.0 Å². The Kier molecular flexibility index (Phi) is 8.28. The summed E-state index contributed by atoms with van der Waals surface area (Å²) in [5.74, 6) is 1.31. The summed E-state index contributed by atoms with van der Waals surface area (Å²) in [6.07, 6.45) is 8.15. The van der Waals surface area contributed by atoms with E-state index in [2.05, 4.69) is 0 Å². The number of ketones is 1. The summed E-state index contributed by atoms with van der Waals surface area (Å²) in [5.41, 5.74) is 3.21. The molecule has 0 heterocycles. The van der Waals surface area contributed by atoms with Gasteiger partial charge in [-0.05, 0) is 59.9 Å². The number of ether oxygens (including phenoxy) is 1. The van der Waals surface area contributed by atoms with E-state index in [9.17, 15) is 9.90 Å². The summed E-state index contributed by atoms with van der Waals surface area (Å²) in [7, 11) is 0. The molecule has 3 aromatic carbocycles. The van der Waals surface area contributed by atoms with Crippen LogP contribution in [0, 0.1) is 0 Å². The van der Waals surface area contributed by atoms with Gasteiger partial charge in [0.15, 0.2) is 5.78 Å². The lowest BCUT2D eigenvalue weighted by molar-refractivity contribution is -0.114. The maximum Gasteiger partial charge on any atom is 0.155 e. The van der Waals surface area contributed by atoms with Gasteiger partial charge >= 0.3 is 0 Å². The number of allylic oxidation sites excluding steroid dienone is 1. The van der Waals surface area contributed by atoms with Crippen LogP contribution in [-0.2, 0) is 4.79 Å². The van der Waals surface area contributed by atoms with Crippen molar-refractivity contribution >= 4 is 11.9 Å². The molecule has 3 heteroatoms. The normalized spacial score (nSPS) is 10.9. The standard InChI is InChI=1S/C27H28O3/c28-25(16-11-22-8-4-3-5-9-22)10-6-1-2-7-21-30-27-19-14-24(15-20-27)23-12-17-26(29)18-13-23/h3-5,8-9,11-20,29H,1-2,6-7,10,21H2. The van der Waals surface area contributed by atoms with E-state index in [-0.39, 0.29) is 11.5 Å². The first-order chi connectivity index (χ1) is 14.7. The number of hydrogen-bond donors (Lipinski definition) is 1. The van der Waals surface area contributed by atoms with Crippen LogP contribution in [0.5, 0.6) is 11.5 Å². The molecule has 0 fully saturated rings. The largest absolute Gasteiger partial charge is 0.508 e. The van der Waals surface area contributed by atoms with E-state index >= 15 is 0 Å². The van der Waals surface area contributed by atoms with Gasteiger partial charge in [0.1, 0.15) is 11.5 Å². The predicted octanol–water partition coefficient (Wildman–Crippen LogP) is 6.67. The molecule has 0 aliphatic carbocycles. The zero-order valence-electron chi connectivity index (χ0n) is 17.2. The van der Waals surface area contributed by atoms with Crippen LogP contribution in [0.25, 0.3) is 17.2 Å². The Morgan fingerprint density at radius 2 is 1.40 bits per heavy atom. The first-order valence-electron chi connectivity index (χ1n) is 10.5. The molecule has 0 aliphatic rings. The highest BCUT2D eigenvalue weighted by molar-refractivity contribution is 5.93. The molecule has 0 amide bonds. The average Bonchev–Trinajstić information content (AvgIpc) is 2.79. The summed E-state index contributed by atoms with van der Waals surface area (Å²) >= 11 is 0. The molecule has 1 N–H and O–H groups in total. The molecule has 154 valence electrons. The van der Waals surface area contributed by atoms with Gasteiger partial charge < -0.3 is 9.84 Å². The smallest absolute Gasteiger partial charge is 0.155 e. The molecule has 0 aliphatic heterocycles. The van der Waals surface area contributed by atoms with Crippen molar-refractivity contribution in [1.29, 1.82) is 0 Å². The highest BCUT2D eigenvalue weighted by Crippen LogP contribution is 2.24. The van der Waals surface area contributed by atoms with Crippen LogP contribution in [0.3, 0.4) is 0 Å². The second-order valence-corrected chi connectivity index (χ2v) is 7.29. The number of aromatic hydroxyl groups is 1. The van der Waals surface area contributed by atoms with Gasteiger partial charge in [0.05, 0.1) is 6.61 Å². The van der Waals surface area contributed by atoms with Crippen molar-refractivity contribution < 1.29 is 14.6 Å². The number of hydrogen-bond acceptors (Lipinski definition) is 3. The summed E-state index contributed by atoms with van der Waals surface area (Å²) in [5, 5.41) is 9.38. The lowest BCUT2D eigenvalue weighted by atomic mass is 10.1. The zero-order chi connectivity index (χ0) is 21.0. The quantitative estimate of drug-likeness (QED) is 0.289. The fourth-order valence-corrected chi connectivity index (χ4v) is 3.18. The number of unbranched alkanes of at least 4 members (excludes halogenated alkanes) is 3. The van der Waals surface area contributed by atoms with E-state index in [1.807, 2.05) is 72.8 Å². The van der Waals surface area contributed by atoms with Crippen molar-refractivity contribution in [3.8, 4) is 22.6 Å². The third-order valence-electron chi connectivity index (χ3n) is 4.90. The molecule has 0 saturated heterocycles. The first-order valence-corrected chi connectivity index (χ1v) is 10.5. The van der Waals surface area contributed by atoms with Crippen molar-refractivity contribution in [3.63, 3.8) is 0 Å². The first kappa shape index (κ1) is 21.4. The Balaban J connectivity index is 1.28. The molecular formula is C27H28O3. The van der Waals surface area contributed by atoms with Crippen LogP contribution >= 0.6 is 0 Å². The Bertz CT molecular complexity index is 926. The van der Waals surface area contributed by atoms with Gasteiger partial charge in [-0.1, -0.05) is 73.5 Å². The Morgan fingerprint density at radius 3 is 2.10 bits per heavy atom. The molecule has 3 nitrogen and oxygen atoms in total. The van der Waals surface area contributed by atoms with Gasteiger partial charge in [-0.15, -0.1) is 0 Å². The van der Waals surface area contributed by atoms with E-state index in [1.165, 1.54) is 0 Å². The molecule has 30 heavy (non-hydrogen) atoms. The Labute approximate surface area is 178 Å². The van der Waals surface area contributed by atoms with Crippen molar-refractivity contribution in [2.24, 2.45) is 0 Å². The fraction of sp³-hybridized carbons (Fsp3) is 0.222. The van der Waals surface area contributed by atoms with Gasteiger partial charge in [-0.3, -0.25) is 4.79 Å². The molecule has 0 atom stereocenters. The van der Waals surface area contributed by atoms with Gasteiger partial charge in [-0.25, -0.2) is 0 Å². The minimum Gasteiger partial charge on any atom is -0.508 e. The predicted molar refractivity (Wildman–Crippen MR) is 123 cm³/mol. The molecule has 0 bridgehead atoms. The van der Waals surface area contributed by atoms with Gasteiger partial charge in [0, 0.05) is 6.42 Å². The van der Waals surface area contributed by atoms with E-state index in [4.69, 9.17) is 4.74 Å². The Morgan fingerprint density at radius 1 is 0.767 bits per heavy atom. The molecule has 0 spiro atoms. The van der Waals surface area contributed by atoms with E-state index in [1.54, 1.807) is 18.2 Å². The van der Waals surface area contributed by atoms with Crippen LogP contribution in [0.2, 0.25) is 0 Å². The lowest BCUT2D eigenvalue weighted by Crippen LogP contribution is -1.98. The highest BCUT2D eigenvalue weighted by atomic mass is 16.5. The van der Waals surface area contributed by atoms with Crippen LogP contribution in [0.4, 0.5) is 0 Å². The second kappa shape index (κ2) is 11.6. The van der Waals surface area contributed by atoms with Gasteiger partial charge in [-0.2, -0.15) is 0 Å². The average molecular weight is 401 g/mol. The molecule has 0 radical (unpaired) electrons. The van der Waals surface area contributed by atoms with Crippen molar-refractivity contribution in [3.05, 3.63) is 90.5 Å². The van der Waals surface area contributed by atoms with Gasteiger partial charge in [0.2, 0.25) is 0 Å². The maximum atomic E-state index is 11.9. The minimum absolute atomic E-state index is 0.184. The van der Waals surface area contributed by atoms with Crippen LogP contribution < -0.4 is 4.74 Å². The summed E-state index contributed by atoms with van der Waals surface area (Å²) in [6.45, 7) is 0.681. The summed E-state index contributed by atoms with van der Waals surface area (Å²) in [6, 6.07) is 25.0. The number of carbonyl (C=O) groups is 1. The molecule has 0 aromatic heterocycles. The minimum atomic E-state index is 0.184. The second-order valence-electron chi connectivity index (χ2n) is 7.29. The van der Waals surface area contributed by atoms with Crippen molar-refractivity contribution in [1.82, 2.24) is 0 Å². The third kappa shape index (κ3) is 7.25. The van der Waals surface area contributed by atoms with Crippen molar-refractivity contribution in [2.75, 3.05) is 6.61 Å². The molecule has 3 rings (SSSR count). The molecule has 3 aromatic rings. The molecule has 0 saturated carbocycles. The monoisotopic (exact) mass is 400 g/mol. The lowest BCUT2D eigenvalue weighted by Gasteiger charge is -2.07. The van der Waals surface area contributed by atoms with E-state index < -0.39 is 0 Å². The highest BCUT2D eigenvalue weighted by Gasteiger charge is 2.00. The molecule has 0 unspecified atom stereocenters. The number of carbonyl (C=O) groups excluding carboxylic acids is 1. The van der Waals surface area contributed by atoms with E-state index in [0.717, 1.165) is 48.1 Å². The van der Waals surface area contributed by atoms with Gasteiger partial charge in [0.25, 0.3) is 0 Å². The summed E-state index contributed by atoms with van der Waals surface area (Å²) in [4.78, 5) is 11.9. The number of phenolic OH excluding ortho intramolecular Hbond substituents is 1. The summed E-state index contributed by atoms with van der Waals surface area (Å²) < 4.78 is 5.81. The number of phenols is 1. The van der Waals surface area contributed by atoms with Crippen LogP contribution in [0.1, 0.15) is 37.7 Å². The number of benzene rings is 3. The fourth-order valence-electron chi connectivity index (χ4n) is 3.18. The third-order valence-corrected chi connectivity index (χ3v) is 4.90. The number of rotatable bonds is 11.